The number of hydrogen-bond donors (Lipinski definition) is 3. The van der Waals surface area contributed by atoms with E-state index in [1.165, 1.54) is 14.2 Å². The van der Waals surface area contributed by atoms with Crippen molar-refractivity contribution in [3.8, 4) is 11.3 Å². The quantitative estimate of drug-likeness (QED) is 0.157. The minimum atomic E-state index is -0.802. The Kier molecular flexibility index (Phi) is 8.68. The number of nitrogens with one attached hydrogen (secondary N) is 2. The molecule has 0 saturated carbocycles. The molecule has 0 bridgehead atoms. The smallest absolute Gasteiger partial charge is 0.251 e. The molecule has 8 heteroatoms. The van der Waals surface area contributed by atoms with Crippen LogP contribution in [0.25, 0.3) is 22.3 Å². The van der Waals surface area contributed by atoms with E-state index in [4.69, 9.17) is 13.9 Å². The van der Waals surface area contributed by atoms with Gasteiger partial charge in [0.15, 0.2) is 6.29 Å². The first-order chi connectivity index (χ1) is 18.0. The summed E-state index contributed by atoms with van der Waals surface area (Å²) in [6, 6.07) is 25.6. The van der Waals surface area contributed by atoms with Crippen molar-refractivity contribution in [2.75, 3.05) is 14.2 Å². The second-order valence-electron chi connectivity index (χ2n) is 8.74. The fourth-order valence-electron chi connectivity index (χ4n) is 4.40. The van der Waals surface area contributed by atoms with Crippen molar-refractivity contribution in [3.05, 3.63) is 96.1 Å². The summed E-state index contributed by atoms with van der Waals surface area (Å²) in [5.41, 5.74) is 4.74. The lowest BCUT2D eigenvalue weighted by Crippen LogP contribution is -2.48. The van der Waals surface area contributed by atoms with Gasteiger partial charge in [0, 0.05) is 36.7 Å². The van der Waals surface area contributed by atoms with E-state index in [1.807, 2.05) is 72.8 Å². The molecule has 2 atom stereocenters. The van der Waals surface area contributed by atoms with E-state index in [0.717, 1.165) is 22.1 Å². The SMILES string of the molecule is COC(OC)C(CC(Cc1ccccc1)C(=O)NO)NC(=O)c1ccc(-c2cc3ccccc3o2)cc1. The standard InChI is InChI=1S/C29H30N2O6/c1-35-29(36-2)24(17-23(28(33)31-34)16-19-8-4-3-5-9-19)30-27(32)21-14-12-20(13-15-21)26-18-22-10-6-7-11-25(22)37-26/h3-15,18,23-24,29,34H,16-17H2,1-2H3,(H,30,32)(H,31,33). The number of ether oxygens (including phenoxy) is 2. The minimum Gasteiger partial charge on any atom is -0.456 e. The molecule has 37 heavy (non-hydrogen) atoms. The maximum Gasteiger partial charge on any atom is 0.251 e. The van der Waals surface area contributed by atoms with E-state index in [0.29, 0.717) is 17.7 Å². The summed E-state index contributed by atoms with van der Waals surface area (Å²) >= 11 is 0. The van der Waals surface area contributed by atoms with Crippen molar-refractivity contribution >= 4 is 22.8 Å². The third kappa shape index (κ3) is 6.42. The fourth-order valence-corrected chi connectivity index (χ4v) is 4.40. The summed E-state index contributed by atoms with van der Waals surface area (Å²) in [5, 5.41) is 13.3. The molecule has 0 fully saturated rings. The fraction of sp³-hybridized carbons (Fsp3) is 0.241. The van der Waals surface area contributed by atoms with Crippen LogP contribution < -0.4 is 10.8 Å². The molecule has 1 aromatic heterocycles. The monoisotopic (exact) mass is 502 g/mol. The topological polar surface area (TPSA) is 110 Å². The van der Waals surface area contributed by atoms with Gasteiger partial charge >= 0.3 is 0 Å². The number of furan rings is 1. The number of hydroxylamine groups is 1. The van der Waals surface area contributed by atoms with Crippen LogP contribution >= 0.6 is 0 Å². The van der Waals surface area contributed by atoms with Crippen LogP contribution in [0.3, 0.4) is 0 Å². The van der Waals surface area contributed by atoms with Gasteiger partial charge in [0.1, 0.15) is 11.3 Å². The summed E-state index contributed by atoms with van der Waals surface area (Å²) < 4.78 is 16.8. The summed E-state index contributed by atoms with van der Waals surface area (Å²) in [4.78, 5) is 25.6. The number of rotatable bonds is 11. The van der Waals surface area contributed by atoms with Crippen LogP contribution in [0.5, 0.6) is 0 Å². The Morgan fingerprint density at radius 3 is 2.24 bits per heavy atom. The molecule has 192 valence electrons. The lowest BCUT2D eigenvalue weighted by Gasteiger charge is -2.28. The highest BCUT2D eigenvalue weighted by Crippen LogP contribution is 2.28. The van der Waals surface area contributed by atoms with Gasteiger partial charge in [0.25, 0.3) is 5.91 Å². The minimum absolute atomic E-state index is 0.177. The molecule has 4 rings (SSSR count). The van der Waals surface area contributed by atoms with Gasteiger partial charge in [0.2, 0.25) is 5.91 Å². The highest BCUT2D eigenvalue weighted by molar-refractivity contribution is 5.95. The Hall–Kier alpha value is -3.98. The number of para-hydroxylation sites is 1. The molecule has 0 saturated heterocycles. The molecule has 0 aliphatic carbocycles. The van der Waals surface area contributed by atoms with E-state index >= 15 is 0 Å². The molecule has 8 nitrogen and oxygen atoms in total. The van der Waals surface area contributed by atoms with Gasteiger partial charge in [-0.3, -0.25) is 14.8 Å². The molecule has 0 aliphatic rings. The summed E-state index contributed by atoms with van der Waals surface area (Å²) in [6.45, 7) is 0. The van der Waals surface area contributed by atoms with Crippen LogP contribution in [0.15, 0.2) is 89.3 Å². The highest BCUT2D eigenvalue weighted by Gasteiger charge is 2.30. The van der Waals surface area contributed by atoms with E-state index in [1.54, 1.807) is 17.6 Å². The first kappa shape index (κ1) is 26.1. The molecule has 4 aromatic rings. The number of methoxy groups -OCH3 is 2. The highest BCUT2D eigenvalue weighted by atomic mass is 16.7. The predicted molar refractivity (Wildman–Crippen MR) is 139 cm³/mol. The largest absolute Gasteiger partial charge is 0.456 e. The van der Waals surface area contributed by atoms with Crippen LogP contribution in [0, 0.1) is 5.92 Å². The predicted octanol–water partition coefficient (Wildman–Crippen LogP) is 4.57. The number of amides is 2. The van der Waals surface area contributed by atoms with Crippen molar-refractivity contribution in [1.82, 2.24) is 10.8 Å². The molecule has 3 N–H and O–H groups in total. The van der Waals surface area contributed by atoms with Crippen LogP contribution in [0.2, 0.25) is 0 Å². The van der Waals surface area contributed by atoms with E-state index < -0.39 is 24.2 Å². The third-order valence-corrected chi connectivity index (χ3v) is 6.31. The zero-order valence-corrected chi connectivity index (χ0v) is 20.7. The van der Waals surface area contributed by atoms with E-state index in [2.05, 4.69) is 5.32 Å². The third-order valence-electron chi connectivity index (χ3n) is 6.31. The van der Waals surface area contributed by atoms with Crippen molar-refractivity contribution in [2.45, 2.75) is 25.2 Å². The Morgan fingerprint density at radius 1 is 0.919 bits per heavy atom. The van der Waals surface area contributed by atoms with Crippen molar-refractivity contribution in [2.24, 2.45) is 5.92 Å². The zero-order chi connectivity index (χ0) is 26.2. The van der Waals surface area contributed by atoms with Crippen LogP contribution in [-0.2, 0) is 20.7 Å². The van der Waals surface area contributed by atoms with Gasteiger partial charge in [-0.25, -0.2) is 5.48 Å². The summed E-state index contributed by atoms with van der Waals surface area (Å²) in [7, 11) is 2.93. The molecule has 2 unspecified atom stereocenters. The summed E-state index contributed by atoms with van der Waals surface area (Å²) in [6.07, 6.45) is -0.258. The average molecular weight is 503 g/mol. The number of hydrogen-bond acceptors (Lipinski definition) is 6. The Morgan fingerprint density at radius 2 is 1.59 bits per heavy atom. The molecular formula is C29H30N2O6. The number of benzene rings is 3. The van der Waals surface area contributed by atoms with E-state index in [9.17, 15) is 14.8 Å². The molecule has 0 spiro atoms. The zero-order valence-electron chi connectivity index (χ0n) is 20.7. The molecular weight excluding hydrogens is 472 g/mol. The molecule has 0 radical (unpaired) electrons. The lowest BCUT2D eigenvalue weighted by molar-refractivity contribution is -0.139. The van der Waals surface area contributed by atoms with Gasteiger partial charge in [-0.05, 0) is 42.7 Å². The van der Waals surface area contributed by atoms with Crippen LogP contribution in [0.4, 0.5) is 0 Å². The number of carbonyl (C=O) groups excluding carboxylic acids is 2. The maximum absolute atomic E-state index is 13.2. The van der Waals surface area contributed by atoms with Gasteiger partial charge in [-0.2, -0.15) is 0 Å². The summed E-state index contributed by atoms with van der Waals surface area (Å²) in [5.74, 6) is -0.822. The first-order valence-corrected chi connectivity index (χ1v) is 12.0. The van der Waals surface area contributed by atoms with Gasteiger partial charge in [0.05, 0.1) is 6.04 Å². The Bertz CT molecular complexity index is 1280. The Labute approximate surface area is 215 Å². The van der Waals surface area contributed by atoms with Crippen molar-refractivity contribution in [1.29, 1.82) is 0 Å². The average Bonchev–Trinajstić information content (AvgIpc) is 3.38. The van der Waals surface area contributed by atoms with Gasteiger partial charge < -0.3 is 19.2 Å². The maximum atomic E-state index is 13.2. The second-order valence-corrected chi connectivity index (χ2v) is 8.74. The van der Waals surface area contributed by atoms with Crippen molar-refractivity contribution < 1.29 is 28.7 Å². The van der Waals surface area contributed by atoms with Crippen LogP contribution in [-0.4, -0.2) is 43.6 Å². The first-order valence-electron chi connectivity index (χ1n) is 12.0. The number of fused-ring (bicyclic) bond motifs is 1. The van der Waals surface area contributed by atoms with Gasteiger partial charge in [-0.1, -0.05) is 60.7 Å². The lowest BCUT2D eigenvalue weighted by atomic mass is 9.91. The second kappa shape index (κ2) is 12.3. The van der Waals surface area contributed by atoms with Crippen LogP contribution in [0.1, 0.15) is 22.3 Å². The molecule has 2 amide bonds. The van der Waals surface area contributed by atoms with Crippen molar-refractivity contribution in [3.63, 3.8) is 0 Å². The normalized spacial score (nSPS) is 12.9. The molecule has 0 aliphatic heterocycles. The van der Waals surface area contributed by atoms with E-state index in [-0.39, 0.29) is 12.3 Å². The molecule has 1 heterocycles. The Balaban J connectivity index is 1.50. The van der Waals surface area contributed by atoms with Gasteiger partial charge in [-0.15, -0.1) is 0 Å². The molecule has 3 aromatic carbocycles. The number of carbonyl (C=O) groups is 2.